The van der Waals surface area contributed by atoms with Crippen molar-refractivity contribution in [2.24, 2.45) is 0 Å². The minimum absolute atomic E-state index is 0.269. The molecule has 1 N–H and O–H groups in total. The van der Waals surface area contributed by atoms with Gasteiger partial charge in [0.15, 0.2) is 0 Å². The Balaban J connectivity index is 1.26. The van der Waals surface area contributed by atoms with Gasteiger partial charge >= 0.3 is 0 Å². The zero-order chi connectivity index (χ0) is 25.1. The highest BCUT2D eigenvalue weighted by Crippen LogP contribution is 2.27. The van der Waals surface area contributed by atoms with E-state index < -0.39 is 0 Å². The molecule has 3 heterocycles. The van der Waals surface area contributed by atoms with Crippen molar-refractivity contribution in [2.45, 2.75) is 25.8 Å². The molecule has 0 radical (unpaired) electrons. The van der Waals surface area contributed by atoms with Crippen LogP contribution in [0.3, 0.4) is 0 Å². The molecule has 0 unspecified atom stereocenters. The number of piperazine rings is 1. The maximum absolute atomic E-state index is 13.0. The first-order valence-corrected chi connectivity index (χ1v) is 12.6. The highest BCUT2D eigenvalue weighted by molar-refractivity contribution is 6.30. The first-order chi connectivity index (χ1) is 17.5. The molecule has 2 aliphatic rings. The topological polar surface area (TPSA) is 86.4 Å². The number of amides is 1. The van der Waals surface area contributed by atoms with Gasteiger partial charge in [0.25, 0.3) is 5.91 Å². The molecule has 1 amide bonds. The number of halogens is 1. The largest absolute Gasteiger partial charge is 0.381 e. The van der Waals surface area contributed by atoms with E-state index in [1.807, 2.05) is 31.2 Å². The van der Waals surface area contributed by atoms with Crippen LogP contribution in [0.4, 0.5) is 11.4 Å². The second-order valence-electron chi connectivity index (χ2n) is 9.20. The van der Waals surface area contributed by atoms with E-state index >= 15 is 0 Å². The summed E-state index contributed by atoms with van der Waals surface area (Å²) in [5.74, 6) is -0.269. The number of hydrogen-bond acceptors (Lipinski definition) is 6. The summed E-state index contributed by atoms with van der Waals surface area (Å²) in [6.45, 7) is 7.24. The monoisotopic (exact) mass is 504 g/mol. The fraction of sp³-hybridized carbons (Fsp3) is 0.370. The Morgan fingerprint density at radius 2 is 1.83 bits per heavy atom. The minimum atomic E-state index is -0.269. The smallest absolute Gasteiger partial charge is 0.259 e. The molecular formula is C27H29ClN6O2. The molecule has 0 aliphatic carbocycles. The predicted octanol–water partition coefficient (Wildman–Crippen LogP) is 4.26. The van der Waals surface area contributed by atoms with Crippen LogP contribution in [-0.2, 0) is 4.74 Å². The molecule has 36 heavy (non-hydrogen) atoms. The Hall–Kier alpha value is -3.38. The van der Waals surface area contributed by atoms with Crippen LogP contribution >= 0.6 is 11.6 Å². The van der Waals surface area contributed by atoms with Crippen molar-refractivity contribution >= 4 is 28.9 Å². The first kappa shape index (κ1) is 24.3. The molecular weight excluding hydrogens is 476 g/mol. The molecule has 0 spiro atoms. The van der Waals surface area contributed by atoms with Gasteiger partial charge < -0.3 is 15.0 Å². The molecule has 8 nitrogen and oxygen atoms in total. The maximum atomic E-state index is 13.0. The van der Waals surface area contributed by atoms with Crippen LogP contribution in [-0.4, -0.2) is 66.0 Å². The van der Waals surface area contributed by atoms with E-state index in [2.05, 4.69) is 26.3 Å². The number of anilines is 2. The van der Waals surface area contributed by atoms with Gasteiger partial charge in [-0.15, -0.1) is 0 Å². The number of aromatic nitrogens is 2. The van der Waals surface area contributed by atoms with E-state index in [4.69, 9.17) is 16.3 Å². The molecule has 1 aromatic heterocycles. The molecule has 5 rings (SSSR count). The molecule has 0 atom stereocenters. The van der Waals surface area contributed by atoms with Crippen LogP contribution in [0.2, 0.25) is 5.02 Å². The quantitative estimate of drug-likeness (QED) is 0.558. The van der Waals surface area contributed by atoms with Crippen LogP contribution in [0.1, 0.15) is 34.5 Å². The van der Waals surface area contributed by atoms with Gasteiger partial charge in [-0.05, 0) is 62.2 Å². The summed E-state index contributed by atoms with van der Waals surface area (Å²) in [7, 11) is 0. The molecule has 0 bridgehead atoms. The van der Waals surface area contributed by atoms with E-state index in [-0.39, 0.29) is 5.91 Å². The van der Waals surface area contributed by atoms with Gasteiger partial charge in [0, 0.05) is 56.1 Å². The van der Waals surface area contributed by atoms with Crippen LogP contribution in [0.15, 0.2) is 48.7 Å². The van der Waals surface area contributed by atoms with Crippen LogP contribution < -0.4 is 10.2 Å². The zero-order valence-corrected chi connectivity index (χ0v) is 21.0. The molecule has 2 saturated heterocycles. The van der Waals surface area contributed by atoms with Crippen LogP contribution in [0, 0.1) is 18.3 Å². The number of ether oxygens (including phenoxy) is 1. The fourth-order valence-electron chi connectivity index (χ4n) is 5.03. The summed E-state index contributed by atoms with van der Waals surface area (Å²) in [5.41, 5.74) is 4.06. The lowest BCUT2D eigenvalue weighted by Gasteiger charge is -2.41. The Morgan fingerprint density at radius 1 is 1.11 bits per heavy atom. The third-order valence-electron chi connectivity index (χ3n) is 7.06. The zero-order valence-electron chi connectivity index (χ0n) is 20.3. The van der Waals surface area contributed by atoms with E-state index in [1.54, 1.807) is 29.1 Å². The number of nitriles is 1. The second kappa shape index (κ2) is 10.7. The maximum Gasteiger partial charge on any atom is 0.259 e. The highest BCUT2D eigenvalue weighted by atomic mass is 35.5. The van der Waals surface area contributed by atoms with Crippen molar-refractivity contribution in [3.05, 3.63) is 70.5 Å². The Morgan fingerprint density at radius 3 is 2.53 bits per heavy atom. The van der Waals surface area contributed by atoms with Gasteiger partial charge in [0.2, 0.25) is 0 Å². The Bertz CT molecular complexity index is 1270. The molecule has 2 aromatic carbocycles. The molecule has 3 aromatic rings. The standard InChI is InChI=1S/C27H29ClN6O2/c1-19-25(18-30-34(19)24-5-2-21(28)3-6-24)27(35)31-22-4-7-26(20(16-22)17-29)33-12-10-32(11-13-33)23-8-14-36-15-9-23/h2-7,16,18,23H,8-15H2,1H3,(H,31,35). The van der Waals surface area contributed by atoms with Gasteiger partial charge in [-0.2, -0.15) is 10.4 Å². The second-order valence-corrected chi connectivity index (χ2v) is 9.63. The third kappa shape index (κ3) is 5.09. The summed E-state index contributed by atoms with van der Waals surface area (Å²) in [6, 6.07) is 15.7. The van der Waals surface area contributed by atoms with Crippen molar-refractivity contribution in [2.75, 3.05) is 49.6 Å². The number of nitrogens with zero attached hydrogens (tertiary/aromatic N) is 5. The third-order valence-corrected chi connectivity index (χ3v) is 7.31. The fourth-order valence-corrected chi connectivity index (χ4v) is 5.16. The number of carbonyl (C=O) groups excluding carboxylic acids is 1. The Kier molecular flexibility index (Phi) is 7.23. The SMILES string of the molecule is Cc1c(C(=O)Nc2ccc(N3CCN(C4CCOCC4)CC3)c(C#N)c2)cnn1-c1ccc(Cl)cc1. The van der Waals surface area contributed by atoms with Crippen LogP contribution in [0.5, 0.6) is 0 Å². The van der Waals surface area contributed by atoms with Gasteiger partial charge in [-0.3, -0.25) is 9.69 Å². The highest BCUT2D eigenvalue weighted by Gasteiger charge is 2.26. The predicted molar refractivity (Wildman–Crippen MR) is 140 cm³/mol. The average Bonchev–Trinajstić information content (AvgIpc) is 3.31. The van der Waals surface area contributed by atoms with Gasteiger partial charge in [-0.1, -0.05) is 11.6 Å². The molecule has 186 valence electrons. The van der Waals surface area contributed by atoms with E-state index in [9.17, 15) is 10.1 Å². The summed E-state index contributed by atoms with van der Waals surface area (Å²) >= 11 is 5.98. The van der Waals surface area contributed by atoms with Crippen molar-refractivity contribution in [3.8, 4) is 11.8 Å². The molecule has 2 aliphatic heterocycles. The summed E-state index contributed by atoms with van der Waals surface area (Å²) < 4.78 is 7.20. The number of hydrogen-bond donors (Lipinski definition) is 1. The lowest BCUT2D eigenvalue weighted by Crippen LogP contribution is -2.51. The van der Waals surface area contributed by atoms with E-state index in [1.165, 1.54) is 0 Å². The average molecular weight is 505 g/mol. The van der Waals surface area contributed by atoms with E-state index in [0.29, 0.717) is 33.6 Å². The lowest BCUT2D eigenvalue weighted by atomic mass is 10.1. The number of benzene rings is 2. The summed E-state index contributed by atoms with van der Waals surface area (Å²) in [5, 5.41) is 17.8. The number of carbonyl (C=O) groups is 1. The Labute approximate surface area is 216 Å². The minimum Gasteiger partial charge on any atom is -0.381 e. The number of nitrogens with one attached hydrogen (secondary N) is 1. The first-order valence-electron chi connectivity index (χ1n) is 12.3. The number of rotatable bonds is 5. The molecule has 2 fully saturated rings. The summed E-state index contributed by atoms with van der Waals surface area (Å²) in [4.78, 5) is 17.8. The van der Waals surface area contributed by atoms with Crippen molar-refractivity contribution in [1.82, 2.24) is 14.7 Å². The molecule has 0 saturated carbocycles. The van der Waals surface area contributed by atoms with Crippen LogP contribution in [0.25, 0.3) is 5.69 Å². The van der Waals surface area contributed by atoms with E-state index in [0.717, 1.165) is 63.6 Å². The van der Waals surface area contributed by atoms with Crippen molar-refractivity contribution in [1.29, 1.82) is 5.26 Å². The van der Waals surface area contributed by atoms with Gasteiger partial charge in [0.1, 0.15) is 6.07 Å². The lowest BCUT2D eigenvalue weighted by molar-refractivity contribution is 0.0321. The summed E-state index contributed by atoms with van der Waals surface area (Å²) in [6.07, 6.45) is 3.74. The van der Waals surface area contributed by atoms with Gasteiger partial charge in [0.05, 0.1) is 34.4 Å². The van der Waals surface area contributed by atoms with Crippen molar-refractivity contribution in [3.63, 3.8) is 0 Å². The van der Waals surface area contributed by atoms with Crippen molar-refractivity contribution < 1.29 is 9.53 Å². The molecule has 9 heteroatoms. The normalized spacial score (nSPS) is 17.1. The van der Waals surface area contributed by atoms with Gasteiger partial charge in [-0.25, -0.2) is 4.68 Å².